The van der Waals surface area contributed by atoms with Crippen molar-refractivity contribution in [3.8, 4) is 0 Å². The van der Waals surface area contributed by atoms with E-state index >= 15 is 0 Å². The number of hydrogen-bond donors (Lipinski definition) is 1. The number of aryl methyl sites for hydroxylation is 1. The van der Waals surface area contributed by atoms with Crippen molar-refractivity contribution in [3.63, 3.8) is 0 Å². The Labute approximate surface area is 177 Å². The first kappa shape index (κ1) is 23.0. The van der Waals surface area contributed by atoms with Gasteiger partial charge in [-0.15, -0.1) is 0 Å². The summed E-state index contributed by atoms with van der Waals surface area (Å²) in [7, 11) is 0. The Morgan fingerprint density at radius 2 is 1.82 bits per heavy atom. The maximum atomic E-state index is 12.3. The molecule has 1 aliphatic heterocycles. The largest absolute Gasteiger partial charge is 0.333 e. The van der Waals surface area contributed by atoms with Gasteiger partial charge in [0.25, 0.3) is 0 Å². The Morgan fingerprint density at radius 3 is 2.39 bits per heavy atom. The van der Waals surface area contributed by atoms with E-state index in [1.807, 2.05) is 6.20 Å². The van der Waals surface area contributed by atoms with Gasteiger partial charge in [0.15, 0.2) is 0 Å². The highest BCUT2D eigenvalue weighted by atomic mass is 35.5. The summed E-state index contributed by atoms with van der Waals surface area (Å²) in [5, 5.41) is 3.79. The van der Waals surface area contributed by atoms with Crippen LogP contribution >= 0.6 is 11.6 Å². The van der Waals surface area contributed by atoms with E-state index in [0.717, 1.165) is 29.8 Å². The zero-order valence-corrected chi connectivity index (χ0v) is 19.6. The highest BCUT2D eigenvalue weighted by molar-refractivity contribution is 6.31. The van der Waals surface area contributed by atoms with Crippen LogP contribution in [0.15, 0.2) is 30.0 Å². The van der Waals surface area contributed by atoms with Crippen LogP contribution in [0, 0.1) is 10.8 Å². The van der Waals surface area contributed by atoms with E-state index in [0.29, 0.717) is 6.42 Å². The lowest BCUT2D eigenvalue weighted by atomic mass is 9.62. The first-order valence-electron chi connectivity index (χ1n) is 10.7. The molecule has 0 aliphatic carbocycles. The molecule has 0 bridgehead atoms. The third-order valence-electron chi connectivity index (χ3n) is 6.21. The highest BCUT2D eigenvalue weighted by Crippen LogP contribution is 2.48. The maximum Gasteiger partial charge on any atom is 0.225 e. The minimum absolute atomic E-state index is 0.0237. The van der Waals surface area contributed by atoms with Crippen LogP contribution in [-0.2, 0) is 16.6 Å². The average Bonchev–Trinajstić information content (AvgIpc) is 2.57. The Hall–Kier alpha value is -1.28. The van der Waals surface area contributed by atoms with Crippen molar-refractivity contribution in [3.05, 3.63) is 46.1 Å². The maximum absolute atomic E-state index is 12.3. The van der Waals surface area contributed by atoms with E-state index in [2.05, 4.69) is 72.0 Å². The molecule has 0 saturated carbocycles. The summed E-state index contributed by atoms with van der Waals surface area (Å²) in [6, 6.07) is 6.45. The van der Waals surface area contributed by atoms with Crippen molar-refractivity contribution in [2.24, 2.45) is 10.8 Å². The van der Waals surface area contributed by atoms with E-state index in [4.69, 9.17) is 11.6 Å². The van der Waals surface area contributed by atoms with Crippen LogP contribution < -0.4 is 5.32 Å². The fourth-order valence-electron chi connectivity index (χ4n) is 4.34. The summed E-state index contributed by atoms with van der Waals surface area (Å²) in [6.07, 6.45) is 7.97. The van der Waals surface area contributed by atoms with Gasteiger partial charge in [-0.2, -0.15) is 0 Å². The number of carbonyl (C=O) groups is 1. The molecule has 2 nitrogen and oxygen atoms in total. The van der Waals surface area contributed by atoms with Crippen molar-refractivity contribution in [2.75, 3.05) is 0 Å². The number of carbonyl (C=O) groups excluding carboxylic acids is 1. The number of rotatable bonds is 7. The Morgan fingerprint density at radius 1 is 1.14 bits per heavy atom. The van der Waals surface area contributed by atoms with Gasteiger partial charge in [-0.3, -0.25) is 4.79 Å². The topological polar surface area (TPSA) is 29.1 Å². The SMILES string of the molecule is CCCCC(C)(C)C1=CNC(=O)CC1(C)c1ccc(CCC(C)(C)C)c(Cl)c1. The number of halogens is 1. The molecule has 28 heavy (non-hydrogen) atoms. The smallest absolute Gasteiger partial charge is 0.225 e. The first-order chi connectivity index (χ1) is 12.9. The molecule has 1 aliphatic rings. The molecule has 1 unspecified atom stereocenters. The quantitative estimate of drug-likeness (QED) is 0.512. The molecule has 1 heterocycles. The second kappa shape index (κ2) is 8.61. The lowest BCUT2D eigenvalue weighted by Gasteiger charge is -2.43. The van der Waals surface area contributed by atoms with Crippen molar-refractivity contribution < 1.29 is 4.79 Å². The summed E-state index contributed by atoms with van der Waals surface area (Å²) in [6.45, 7) is 15.8. The van der Waals surface area contributed by atoms with Crippen LogP contribution in [0.4, 0.5) is 0 Å². The zero-order valence-electron chi connectivity index (χ0n) is 18.8. The van der Waals surface area contributed by atoms with E-state index < -0.39 is 0 Å². The van der Waals surface area contributed by atoms with Crippen molar-refractivity contribution in [1.82, 2.24) is 5.32 Å². The third kappa shape index (κ3) is 5.41. The fourth-order valence-corrected chi connectivity index (χ4v) is 4.61. The van der Waals surface area contributed by atoms with E-state index in [-0.39, 0.29) is 22.2 Å². The summed E-state index contributed by atoms with van der Waals surface area (Å²) in [5.41, 5.74) is 3.62. The molecule has 0 radical (unpaired) electrons. The lowest BCUT2D eigenvalue weighted by Crippen LogP contribution is -2.43. The molecule has 0 fully saturated rings. The third-order valence-corrected chi connectivity index (χ3v) is 6.56. The molecule has 1 atom stereocenters. The van der Waals surface area contributed by atoms with Crippen molar-refractivity contribution in [1.29, 1.82) is 0 Å². The number of unbranched alkanes of at least 4 members (excludes halogenated alkanes) is 1. The number of nitrogens with one attached hydrogen (secondary N) is 1. The van der Waals surface area contributed by atoms with Gasteiger partial charge in [0, 0.05) is 23.1 Å². The van der Waals surface area contributed by atoms with Gasteiger partial charge in [0.05, 0.1) is 0 Å². The highest BCUT2D eigenvalue weighted by Gasteiger charge is 2.43. The molecule has 1 N–H and O–H groups in total. The summed E-state index contributed by atoms with van der Waals surface area (Å²) in [5.74, 6) is 0.0745. The normalized spacial score (nSPS) is 20.7. The van der Waals surface area contributed by atoms with Crippen molar-refractivity contribution >= 4 is 17.5 Å². The number of benzene rings is 1. The number of amides is 1. The zero-order chi connectivity index (χ0) is 21.2. The predicted octanol–water partition coefficient (Wildman–Crippen LogP) is 7.20. The number of hydrogen-bond acceptors (Lipinski definition) is 1. The van der Waals surface area contributed by atoms with Gasteiger partial charge in [-0.1, -0.05) is 85.0 Å². The van der Waals surface area contributed by atoms with Crippen LogP contribution in [0.3, 0.4) is 0 Å². The standard InChI is InChI=1S/C25H38ClNO/c1-8-9-13-24(5,6)21-17-27-22(28)16-25(21,7)19-11-10-18(20(26)15-19)12-14-23(2,3)4/h10-11,15,17H,8-9,12-14,16H2,1-7H3,(H,27,28). The Kier molecular flexibility index (Phi) is 7.08. The Balaban J connectivity index is 2.39. The second-order valence-corrected chi connectivity index (χ2v) is 10.9. The summed E-state index contributed by atoms with van der Waals surface area (Å²) in [4.78, 5) is 12.3. The van der Waals surface area contributed by atoms with Gasteiger partial charge in [0.1, 0.15) is 0 Å². The molecular weight excluding hydrogens is 366 g/mol. The molecule has 0 spiro atoms. The van der Waals surface area contributed by atoms with Gasteiger partial charge in [0.2, 0.25) is 5.91 Å². The van der Waals surface area contributed by atoms with Gasteiger partial charge < -0.3 is 5.32 Å². The predicted molar refractivity (Wildman–Crippen MR) is 121 cm³/mol. The molecule has 156 valence electrons. The lowest BCUT2D eigenvalue weighted by molar-refractivity contribution is -0.121. The molecule has 3 heteroatoms. The van der Waals surface area contributed by atoms with Crippen LogP contribution in [-0.4, -0.2) is 5.91 Å². The fraction of sp³-hybridized carbons (Fsp3) is 0.640. The van der Waals surface area contributed by atoms with Gasteiger partial charge in [-0.25, -0.2) is 0 Å². The minimum atomic E-state index is -0.328. The van der Waals surface area contributed by atoms with E-state index in [1.54, 1.807) is 0 Å². The van der Waals surface area contributed by atoms with Gasteiger partial charge in [-0.05, 0) is 52.9 Å². The molecule has 2 rings (SSSR count). The van der Waals surface area contributed by atoms with Crippen LogP contribution in [0.2, 0.25) is 5.02 Å². The monoisotopic (exact) mass is 403 g/mol. The van der Waals surface area contributed by atoms with Crippen LogP contribution in [0.1, 0.15) is 91.7 Å². The van der Waals surface area contributed by atoms with E-state index in [1.165, 1.54) is 24.0 Å². The van der Waals surface area contributed by atoms with Crippen molar-refractivity contribution in [2.45, 2.75) is 92.4 Å². The van der Waals surface area contributed by atoms with Crippen LogP contribution in [0.5, 0.6) is 0 Å². The number of allylic oxidation sites excluding steroid dienone is 1. The minimum Gasteiger partial charge on any atom is -0.333 e. The van der Waals surface area contributed by atoms with Crippen LogP contribution in [0.25, 0.3) is 0 Å². The Bertz CT molecular complexity index is 741. The molecule has 1 amide bonds. The summed E-state index contributed by atoms with van der Waals surface area (Å²) >= 11 is 6.70. The average molecular weight is 404 g/mol. The molecule has 1 aromatic rings. The molecule has 1 aromatic carbocycles. The first-order valence-corrected chi connectivity index (χ1v) is 11.1. The molecule has 0 aromatic heterocycles. The molecule has 0 saturated heterocycles. The van der Waals surface area contributed by atoms with Gasteiger partial charge >= 0.3 is 0 Å². The second-order valence-electron chi connectivity index (χ2n) is 10.5. The summed E-state index contributed by atoms with van der Waals surface area (Å²) < 4.78 is 0. The molecular formula is C25H38ClNO. The van der Waals surface area contributed by atoms with E-state index in [9.17, 15) is 4.79 Å².